The van der Waals surface area contributed by atoms with Gasteiger partial charge in [0.2, 0.25) is 17.8 Å². The highest BCUT2D eigenvalue weighted by molar-refractivity contribution is 5.95. The minimum absolute atomic E-state index is 0.0646. The second kappa shape index (κ2) is 19.7. The molecule has 1 atom stereocenters. The molecule has 15 nitrogen and oxygen atoms in total. The molecule has 0 radical (unpaired) electrons. The van der Waals surface area contributed by atoms with Crippen molar-refractivity contribution in [3.8, 4) is 5.75 Å². The van der Waals surface area contributed by atoms with Crippen LogP contribution in [0.15, 0.2) is 109 Å². The number of aliphatic carboxylic acids is 1. The molecule has 2 amide bonds. The SMILES string of the molecule is O=C(NCCOCCOCCNc1nc(Nc2ccc(O)cc2)nc(Nc2ccc(C(=O)NC[C@H](C(=O)O)c3ccccc3)cc2)n1)c1ccccc1. The van der Waals surface area contributed by atoms with E-state index in [-0.39, 0.29) is 36.0 Å². The van der Waals surface area contributed by atoms with E-state index in [4.69, 9.17) is 9.47 Å². The number of rotatable bonds is 20. The Bertz CT molecular complexity index is 1920. The van der Waals surface area contributed by atoms with Crippen LogP contribution in [0.3, 0.4) is 0 Å². The van der Waals surface area contributed by atoms with Gasteiger partial charge in [0, 0.05) is 42.1 Å². The van der Waals surface area contributed by atoms with Crippen LogP contribution in [-0.2, 0) is 14.3 Å². The zero-order valence-corrected chi connectivity index (χ0v) is 28.7. The molecule has 5 aromatic rings. The molecule has 0 spiro atoms. The highest BCUT2D eigenvalue weighted by atomic mass is 16.5. The zero-order valence-electron chi connectivity index (χ0n) is 28.7. The Morgan fingerprint density at radius 1 is 0.585 bits per heavy atom. The summed E-state index contributed by atoms with van der Waals surface area (Å²) < 4.78 is 11.2. The molecule has 1 heterocycles. The van der Waals surface area contributed by atoms with Gasteiger partial charge in [-0.15, -0.1) is 0 Å². The molecule has 0 saturated carbocycles. The maximum absolute atomic E-state index is 12.8. The molecular weight excluding hydrogens is 680 g/mol. The van der Waals surface area contributed by atoms with Crippen LogP contribution in [0.2, 0.25) is 0 Å². The molecule has 0 aliphatic rings. The fourth-order valence-electron chi connectivity index (χ4n) is 4.89. The number of hydrogen-bond acceptors (Lipinski definition) is 12. The lowest BCUT2D eigenvalue weighted by Gasteiger charge is -2.14. The van der Waals surface area contributed by atoms with Crippen molar-refractivity contribution in [1.82, 2.24) is 25.6 Å². The summed E-state index contributed by atoms with van der Waals surface area (Å²) in [4.78, 5) is 50.1. The van der Waals surface area contributed by atoms with Crippen LogP contribution >= 0.6 is 0 Å². The molecule has 53 heavy (non-hydrogen) atoms. The quantitative estimate of drug-likeness (QED) is 0.0436. The molecule has 7 N–H and O–H groups in total. The van der Waals surface area contributed by atoms with Gasteiger partial charge in [-0.2, -0.15) is 15.0 Å². The molecule has 15 heteroatoms. The van der Waals surface area contributed by atoms with Crippen molar-refractivity contribution in [3.05, 3.63) is 126 Å². The first-order valence-electron chi connectivity index (χ1n) is 16.8. The normalized spacial score (nSPS) is 11.2. The Morgan fingerprint density at radius 2 is 1.09 bits per heavy atom. The van der Waals surface area contributed by atoms with Gasteiger partial charge in [-0.25, -0.2) is 0 Å². The number of aromatic nitrogens is 3. The first-order chi connectivity index (χ1) is 25.8. The van der Waals surface area contributed by atoms with Crippen LogP contribution in [0.5, 0.6) is 5.75 Å². The van der Waals surface area contributed by atoms with Gasteiger partial charge in [0.25, 0.3) is 11.8 Å². The van der Waals surface area contributed by atoms with Gasteiger partial charge in [-0.3, -0.25) is 14.4 Å². The predicted octanol–water partition coefficient (Wildman–Crippen LogP) is 4.54. The fraction of sp³-hybridized carbons (Fsp3) is 0.211. The van der Waals surface area contributed by atoms with Crippen molar-refractivity contribution in [2.24, 2.45) is 0 Å². The first kappa shape index (κ1) is 37.7. The van der Waals surface area contributed by atoms with Gasteiger partial charge in [0.1, 0.15) is 5.75 Å². The number of phenolic OH excluding ortho intramolecular Hbond substituents is 1. The number of carboxylic acid groups (broad SMARTS) is 1. The summed E-state index contributed by atoms with van der Waals surface area (Å²) in [5.41, 5.74) is 2.77. The molecule has 274 valence electrons. The molecule has 1 aromatic heterocycles. The van der Waals surface area contributed by atoms with Crippen molar-refractivity contribution in [1.29, 1.82) is 0 Å². The second-order valence-corrected chi connectivity index (χ2v) is 11.5. The lowest BCUT2D eigenvalue weighted by atomic mass is 9.99. The van der Waals surface area contributed by atoms with Crippen LogP contribution in [-0.4, -0.2) is 89.0 Å². The number of carbonyl (C=O) groups is 3. The van der Waals surface area contributed by atoms with Crippen molar-refractivity contribution in [3.63, 3.8) is 0 Å². The number of ether oxygens (including phenoxy) is 2. The summed E-state index contributed by atoms with van der Waals surface area (Å²) in [7, 11) is 0. The fourth-order valence-corrected chi connectivity index (χ4v) is 4.89. The van der Waals surface area contributed by atoms with Gasteiger partial charge in [-0.05, 0) is 66.2 Å². The van der Waals surface area contributed by atoms with Gasteiger partial charge in [0.05, 0.1) is 32.3 Å². The predicted molar refractivity (Wildman–Crippen MR) is 199 cm³/mol. The Balaban J connectivity index is 1.10. The van der Waals surface area contributed by atoms with E-state index in [0.29, 0.717) is 67.6 Å². The van der Waals surface area contributed by atoms with Gasteiger partial charge >= 0.3 is 5.97 Å². The van der Waals surface area contributed by atoms with Crippen LogP contribution in [0, 0.1) is 0 Å². The Kier molecular flexibility index (Phi) is 14.0. The average Bonchev–Trinajstić information content (AvgIpc) is 3.17. The summed E-state index contributed by atoms with van der Waals surface area (Å²) in [6.07, 6.45) is 0. The Labute approximate surface area is 305 Å². The third-order valence-electron chi connectivity index (χ3n) is 7.60. The number of amides is 2. The lowest BCUT2D eigenvalue weighted by molar-refractivity contribution is -0.138. The van der Waals surface area contributed by atoms with Gasteiger partial charge in [-0.1, -0.05) is 48.5 Å². The monoisotopic (exact) mass is 720 g/mol. The number of benzene rings is 4. The lowest BCUT2D eigenvalue weighted by Crippen LogP contribution is -2.31. The van der Waals surface area contributed by atoms with Gasteiger partial charge in [0.15, 0.2) is 0 Å². The standard InChI is InChI=1S/C38H40N8O7/c47-31-17-15-30(16-18-31)43-38-45-36(40-20-22-53-24-23-52-21-19-39-33(48)27-9-5-2-6-10-27)44-37(46-38)42-29-13-11-28(12-14-29)34(49)41-25-32(35(50)51)26-7-3-1-4-8-26/h1-18,32,47H,19-25H2,(H,39,48)(H,41,49)(H,50,51)(H3,40,42,43,44,45,46)/t32-/m0/s1. The van der Waals surface area contributed by atoms with Crippen molar-refractivity contribution in [2.45, 2.75) is 5.92 Å². The van der Waals surface area contributed by atoms with E-state index in [9.17, 15) is 24.6 Å². The summed E-state index contributed by atoms with van der Waals surface area (Å²) in [6, 6.07) is 30.7. The van der Waals surface area contributed by atoms with E-state index >= 15 is 0 Å². The number of nitrogens with one attached hydrogen (secondary N) is 5. The van der Waals surface area contributed by atoms with Crippen LogP contribution < -0.4 is 26.6 Å². The summed E-state index contributed by atoms with van der Waals surface area (Å²) in [5, 5.41) is 34.2. The molecule has 0 aliphatic carbocycles. The van der Waals surface area contributed by atoms with Crippen molar-refractivity contribution < 1.29 is 34.1 Å². The third kappa shape index (κ3) is 12.3. The van der Waals surface area contributed by atoms with E-state index in [1.54, 1.807) is 78.9 Å². The number of carboxylic acids is 1. The van der Waals surface area contributed by atoms with E-state index in [1.165, 1.54) is 12.1 Å². The van der Waals surface area contributed by atoms with E-state index < -0.39 is 17.8 Å². The Hall–Kier alpha value is -6.58. The van der Waals surface area contributed by atoms with Gasteiger partial charge < -0.3 is 46.3 Å². The number of phenols is 1. The number of nitrogens with zero attached hydrogens (tertiary/aromatic N) is 3. The smallest absolute Gasteiger partial charge is 0.312 e. The number of carbonyl (C=O) groups excluding carboxylic acids is 2. The number of anilines is 5. The summed E-state index contributed by atoms with van der Waals surface area (Å²) >= 11 is 0. The van der Waals surface area contributed by atoms with E-state index in [2.05, 4.69) is 41.5 Å². The van der Waals surface area contributed by atoms with Crippen LogP contribution in [0.1, 0.15) is 32.2 Å². The molecule has 5 rings (SSSR count). The molecular formula is C38H40N8O7. The molecule has 0 aliphatic heterocycles. The van der Waals surface area contributed by atoms with Crippen molar-refractivity contribution in [2.75, 3.05) is 62.0 Å². The highest BCUT2D eigenvalue weighted by Crippen LogP contribution is 2.21. The van der Waals surface area contributed by atoms with Crippen LogP contribution in [0.4, 0.5) is 29.2 Å². The summed E-state index contributed by atoms with van der Waals surface area (Å²) in [6.45, 7) is 2.11. The minimum atomic E-state index is -1.03. The largest absolute Gasteiger partial charge is 0.508 e. The first-order valence-corrected chi connectivity index (χ1v) is 16.8. The Morgan fingerprint density at radius 3 is 1.70 bits per heavy atom. The van der Waals surface area contributed by atoms with E-state index in [0.717, 1.165) is 0 Å². The highest BCUT2D eigenvalue weighted by Gasteiger charge is 2.21. The molecule has 0 fully saturated rings. The second-order valence-electron chi connectivity index (χ2n) is 11.5. The van der Waals surface area contributed by atoms with Crippen molar-refractivity contribution >= 4 is 47.0 Å². The summed E-state index contributed by atoms with van der Waals surface area (Å²) in [5.74, 6) is -1.65. The molecule has 0 unspecified atom stereocenters. The minimum Gasteiger partial charge on any atom is -0.508 e. The average molecular weight is 721 g/mol. The number of aromatic hydroxyl groups is 1. The topological polar surface area (TPSA) is 209 Å². The zero-order chi connectivity index (χ0) is 37.3. The van der Waals surface area contributed by atoms with E-state index in [1.807, 2.05) is 18.2 Å². The molecule has 4 aromatic carbocycles. The molecule has 0 saturated heterocycles. The molecule has 0 bridgehead atoms. The maximum Gasteiger partial charge on any atom is 0.312 e. The number of hydrogen-bond donors (Lipinski definition) is 7. The third-order valence-corrected chi connectivity index (χ3v) is 7.60. The van der Waals surface area contributed by atoms with Crippen LogP contribution in [0.25, 0.3) is 0 Å². The maximum atomic E-state index is 12.8.